The van der Waals surface area contributed by atoms with E-state index in [0.29, 0.717) is 35.7 Å². The van der Waals surface area contributed by atoms with Crippen LogP contribution in [0.1, 0.15) is 24.6 Å². The van der Waals surface area contributed by atoms with E-state index in [1.54, 1.807) is 19.2 Å². The predicted octanol–water partition coefficient (Wildman–Crippen LogP) is 4.60. The Balaban J connectivity index is 1.31. The number of rotatable bonds is 6. The molecular formula is C22H22ClN5O2. The molecule has 4 aromatic rings. The van der Waals surface area contributed by atoms with Crippen molar-refractivity contribution in [3.63, 3.8) is 0 Å². The molecule has 0 amide bonds. The second-order valence-electron chi connectivity index (χ2n) is 6.82. The maximum atomic E-state index is 5.92. The standard InChI is InChI=1S/C22H22ClN5O2/c1-14(19-13-16-5-3-4-6-18(16)29-19)26-22(24-2)25-12-11-20-27-21(28-30-20)15-7-9-17(23)10-8-15/h3-10,13-14H,11-12H2,1-2H3,(H2,24,25,26). The van der Waals surface area contributed by atoms with Gasteiger partial charge in [0, 0.05) is 36.0 Å². The van der Waals surface area contributed by atoms with Crippen molar-refractivity contribution in [2.45, 2.75) is 19.4 Å². The molecule has 0 saturated carbocycles. The minimum absolute atomic E-state index is 0.0384. The number of aromatic nitrogens is 2. The lowest BCUT2D eigenvalue weighted by Gasteiger charge is -2.15. The Morgan fingerprint density at radius 3 is 2.73 bits per heavy atom. The van der Waals surface area contributed by atoms with Gasteiger partial charge in [0.25, 0.3) is 0 Å². The smallest absolute Gasteiger partial charge is 0.228 e. The van der Waals surface area contributed by atoms with Gasteiger partial charge in [-0.1, -0.05) is 35.0 Å². The van der Waals surface area contributed by atoms with E-state index < -0.39 is 0 Å². The molecule has 0 fully saturated rings. The van der Waals surface area contributed by atoms with E-state index in [0.717, 1.165) is 22.3 Å². The molecule has 8 heteroatoms. The minimum Gasteiger partial charge on any atom is -0.459 e. The van der Waals surface area contributed by atoms with E-state index in [2.05, 4.69) is 25.8 Å². The summed E-state index contributed by atoms with van der Waals surface area (Å²) in [6, 6.07) is 17.3. The van der Waals surface area contributed by atoms with Crippen molar-refractivity contribution in [3.8, 4) is 11.4 Å². The molecule has 4 rings (SSSR count). The fraction of sp³-hybridized carbons (Fsp3) is 0.227. The number of para-hydroxylation sites is 1. The molecule has 0 bridgehead atoms. The summed E-state index contributed by atoms with van der Waals surface area (Å²) in [5, 5.41) is 12.4. The average molecular weight is 424 g/mol. The van der Waals surface area contributed by atoms with Crippen molar-refractivity contribution in [2.75, 3.05) is 13.6 Å². The first-order chi connectivity index (χ1) is 14.6. The number of nitrogens with one attached hydrogen (secondary N) is 2. The summed E-state index contributed by atoms with van der Waals surface area (Å²) in [5.74, 6) is 2.61. The summed E-state index contributed by atoms with van der Waals surface area (Å²) >= 11 is 5.92. The lowest BCUT2D eigenvalue weighted by atomic mass is 10.2. The lowest BCUT2D eigenvalue weighted by molar-refractivity contribution is 0.378. The highest BCUT2D eigenvalue weighted by molar-refractivity contribution is 6.30. The second-order valence-corrected chi connectivity index (χ2v) is 7.26. The van der Waals surface area contributed by atoms with Gasteiger partial charge in [0.05, 0.1) is 6.04 Å². The van der Waals surface area contributed by atoms with Gasteiger partial charge in [-0.25, -0.2) is 0 Å². The van der Waals surface area contributed by atoms with Gasteiger partial charge in [-0.3, -0.25) is 4.99 Å². The number of fused-ring (bicyclic) bond motifs is 1. The van der Waals surface area contributed by atoms with Crippen molar-refractivity contribution < 1.29 is 8.94 Å². The number of hydrogen-bond donors (Lipinski definition) is 2. The van der Waals surface area contributed by atoms with Crippen LogP contribution in [-0.4, -0.2) is 29.7 Å². The Bertz CT molecular complexity index is 1120. The van der Waals surface area contributed by atoms with E-state index in [4.69, 9.17) is 20.5 Å². The first kappa shape index (κ1) is 20.0. The van der Waals surface area contributed by atoms with Crippen LogP contribution in [0.5, 0.6) is 0 Å². The first-order valence-electron chi connectivity index (χ1n) is 9.66. The molecule has 1 unspecified atom stereocenters. The zero-order valence-electron chi connectivity index (χ0n) is 16.7. The van der Waals surface area contributed by atoms with Crippen LogP contribution in [-0.2, 0) is 6.42 Å². The van der Waals surface area contributed by atoms with Crippen molar-refractivity contribution in [1.29, 1.82) is 0 Å². The molecule has 2 aromatic carbocycles. The molecule has 7 nitrogen and oxygen atoms in total. The van der Waals surface area contributed by atoms with Gasteiger partial charge in [-0.2, -0.15) is 4.98 Å². The molecule has 2 heterocycles. The zero-order chi connectivity index (χ0) is 20.9. The van der Waals surface area contributed by atoms with E-state index in [9.17, 15) is 0 Å². The highest BCUT2D eigenvalue weighted by atomic mass is 35.5. The topological polar surface area (TPSA) is 88.5 Å². The Morgan fingerprint density at radius 2 is 1.97 bits per heavy atom. The normalized spacial score (nSPS) is 12.8. The molecule has 154 valence electrons. The summed E-state index contributed by atoms with van der Waals surface area (Å²) in [7, 11) is 1.73. The van der Waals surface area contributed by atoms with Crippen LogP contribution < -0.4 is 10.6 Å². The van der Waals surface area contributed by atoms with Gasteiger partial charge in [0.2, 0.25) is 11.7 Å². The van der Waals surface area contributed by atoms with E-state index in [1.807, 2.05) is 49.4 Å². The number of furan rings is 1. The van der Waals surface area contributed by atoms with Gasteiger partial charge in [0.1, 0.15) is 11.3 Å². The minimum atomic E-state index is -0.0384. The molecule has 2 N–H and O–H groups in total. The van der Waals surface area contributed by atoms with E-state index in [-0.39, 0.29) is 6.04 Å². The summed E-state index contributed by atoms with van der Waals surface area (Å²) in [6.07, 6.45) is 0.570. The molecular weight excluding hydrogens is 402 g/mol. The Kier molecular flexibility index (Phi) is 5.99. The van der Waals surface area contributed by atoms with Crippen LogP contribution in [0.2, 0.25) is 5.02 Å². The maximum Gasteiger partial charge on any atom is 0.228 e. The SMILES string of the molecule is CN=C(NCCc1nc(-c2ccc(Cl)cc2)no1)NC(C)c1cc2ccccc2o1. The monoisotopic (exact) mass is 423 g/mol. The number of halogens is 1. The quantitative estimate of drug-likeness (QED) is 0.348. The fourth-order valence-electron chi connectivity index (χ4n) is 3.05. The van der Waals surface area contributed by atoms with Gasteiger partial charge < -0.3 is 19.6 Å². The highest BCUT2D eigenvalue weighted by Crippen LogP contribution is 2.23. The lowest BCUT2D eigenvalue weighted by Crippen LogP contribution is -2.39. The fourth-order valence-corrected chi connectivity index (χ4v) is 3.17. The molecule has 0 saturated heterocycles. The molecule has 1 atom stereocenters. The van der Waals surface area contributed by atoms with Crippen molar-refractivity contribution >= 4 is 28.5 Å². The molecule has 0 aliphatic carbocycles. The third-order valence-electron chi connectivity index (χ3n) is 4.65. The molecule has 0 radical (unpaired) electrons. The molecule has 2 aromatic heterocycles. The summed E-state index contributed by atoms with van der Waals surface area (Å²) < 4.78 is 11.3. The zero-order valence-corrected chi connectivity index (χ0v) is 17.5. The van der Waals surface area contributed by atoms with Crippen molar-refractivity contribution in [1.82, 2.24) is 20.8 Å². The third-order valence-corrected chi connectivity index (χ3v) is 4.90. The van der Waals surface area contributed by atoms with Crippen LogP contribution in [0.25, 0.3) is 22.4 Å². The van der Waals surface area contributed by atoms with Crippen LogP contribution in [0, 0.1) is 0 Å². The average Bonchev–Trinajstić information content (AvgIpc) is 3.40. The molecule has 0 aliphatic heterocycles. The predicted molar refractivity (Wildman–Crippen MR) is 118 cm³/mol. The second kappa shape index (κ2) is 9.00. The number of benzene rings is 2. The summed E-state index contributed by atoms with van der Waals surface area (Å²) in [5.41, 5.74) is 1.73. The molecule has 30 heavy (non-hydrogen) atoms. The number of guanidine groups is 1. The summed E-state index contributed by atoms with van der Waals surface area (Å²) in [4.78, 5) is 8.70. The van der Waals surface area contributed by atoms with E-state index >= 15 is 0 Å². The van der Waals surface area contributed by atoms with E-state index in [1.165, 1.54) is 0 Å². The van der Waals surface area contributed by atoms with Crippen molar-refractivity contribution in [2.24, 2.45) is 4.99 Å². The van der Waals surface area contributed by atoms with Gasteiger partial charge in [-0.15, -0.1) is 0 Å². The van der Waals surface area contributed by atoms with Gasteiger partial charge >= 0.3 is 0 Å². The molecule has 0 spiro atoms. The van der Waals surface area contributed by atoms with Crippen molar-refractivity contribution in [3.05, 3.63) is 71.3 Å². The Labute approximate surface area is 179 Å². The number of hydrogen-bond acceptors (Lipinski definition) is 5. The molecule has 0 aliphatic rings. The largest absolute Gasteiger partial charge is 0.459 e. The maximum absolute atomic E-state index is 5.92. The first-order valence-corrected chi connectivity index (χ1v) is 10.0. The Hall–Kier alpha value is -3.32. The highest BCUT2D eigenvalue weighted by Gasteiger charge is 2.13. The van der Waals surface area contributed by atoms with Crippen LogP contribution in [0.3, 0.4) is 0 Å². The third kappa shape index (κ3) is 4.63. The van der Waals surface area contributed by atoms with Crippen LogP contribution in [0.15, 0.2) is 68.5 Å². The Morgan fingerprint density at radius 1 is 1.17 bits per heavy atom. The van der Waals surface area contributed by atoms with Crippen LogP contribution in [0.4, 0.5) is 0 Å². The van der Waals surface area contributed by atoms with Crippen LogP contribution >= 0.6 is 11.6 Å². The van der Waals surface area contributed by atoms with Gasteiger partial charge in [-0.05, 0) is 43.3 Å². The number of aliphatic imine (C=N–C) groups is 1. The summed E-state index contributed by atoms with van der Waals surface area (Å²) in [6.45, 7) is 2.62. The van der Waals surface area contributed by atoms with Gasteiger partial charge in [0.15, 0.2) is 5.96 Å². The number of nitrogens with zero attached hydrogens (tertiary/aromatic N) is 3.